The molecule has 2 nitrogen and oxygen atoms in total. The molecule has 1 heterocycles. The van der Waals surface area contributed by atoms with Gasteiger partial charge in [-0.1, -0.05) is 43.0 Å². The fraction of sp³-hybridized carbons (Fsp3) is 0.600. The van der Waals surface area contributed by atoms with E-state index in [9.17, 15) is 4.39 Å². The van der Waals surface area contributed by atoms with Crippen molar-refractivity contribution in [2.45, 2.75) is 32.2 Å². The van der Waals surface area contributed by atoms with Crippen LogP contribution in [0.2, 0.25) is 10.0 Å². The highest BCUT2D eigenvalue weighted by Gasteiger charge is 2.27. The molecule has 1 aromatic carbocycles. The van der Waals surface area contributed by atoms with Gasteiger partial charge in [-0.25, -0.2) is 4.39 Å². The molecule has 0 saturated carbocycles. The van der Waals surface area contributed by atoms with Crippen molar-refractivity contribution in [3.63, 3.8) is 0 Å². The van der Waals surface area contributed by atoms with Gasteiger partial charge in [0.2, 0.25) is 0 Å². The van der Waals surface area contributed by atoms with Crippen LogP contribution >= 0.6 is 48.0 Å². The molecule has 1 aliphatic heterocycles. The summed E-state index contributed by atoms with van der Waals surface area (Å²) in [7, 11) is 0. The Balaban J connectivity index is 0.00000220. The molecule has 0 amide bonds. The number of benzene rings is 1. The summed E-state index contributed by atoms with van der Waals surface area (Å²) in [6, 6.07) is 3.24. The molecule has 0 spiro atoms. The van der Waals surface area contributed by atoms with E-state index in [1.807, 2.05) is 0 Å². The van der Waals surface area contributed by atoms with E-state index in [4.69, 9.17) is 23.2 Å². The molecule has 1 aromatic rings. The van der Waals surface area contributed by atoms with Gasteiger partial charge < -0.3 is 5.32 Å². The number of rotatable bonds is 5. The van der Waals surface area contributed by atoms with Crippen LogP contribution in [0.5, 0.6) is 0 Å². The first-order valence-corrected chi connectivity index (χ1v) is 7.99. The van der Waals surface area contributed by atoms with Gasteiger partial charge in [0.25, 0.3) is 0 Å². The first-order chi connectivity index (χ1) is 9.65. The van der Waals surface area contributed by atoms with Crippen LogP contribution in [0.4, 0.5) is 4.39 Å². The van der Waals surface area contributed by atoms with Crippen molar-refractivity contribution in [3.05, 3.63) is 33.6 Å². The van der Waals surface area contributed by atoms with Crippen molar-refractivity contribution in [3.8, 4) is 0 Å². The Morgan fingerprint density at radius 3 is 2.36 bits per heavy atom. The summed E-state index contributed by atoms with van der Waals surface area (Å²) >= 11 is 12.2. The molecule has 7 heteroatoms. The predicted octanol–water partition coefficient (Wildman–Crippen LogP) is 5.11. The SMILES string of the molecule is CCCC[C@@H](c1c(Cl)ccc(Cl)c1F)N1CCNCC1.Cl.Cl. The number of hydrogen-bond donors (Lipinski definition) is 1. The van der Waals surface area contributed by atoms with Crippen molar-refractivity contribution < 1.29 is 4.39 Å². The lowest BCUT2D eigenvalue weighted by atomic mass is 9.98. The Hall–Kier alpha value is 0.230. The van der Waals surface area contributed by atoms with Crippen LogP contribution < -0.4 is 5.32 Å². The van der Waals surface area contributed by atoms with Crippen molar-refractivity contribution in [2.24, 2.45) is 0 Å². The van der Waals surface area contributed by atoms with Crippen LogP contribution in [0.3, 0.4) is 0 Å². The van der Waals surface area contributed by atoms with E-state index in [2.05, 4.69) is 17.1 Å². The largest absolute Gasteiger partial charge is 0.314 e. The first kappa shape index (κ1) is 22.2. The van der Waals surface area contributed by atoms with E-state index in [1.54, 1.807) is 6.07 Å². The molecule has 1 saturated heterocycles. The van der Waals surface area contributed by atoms with E-state index in [-0.39, 0.29) is 41.7 Å². The summed E-state index contributed by atoms with van der Waals surface area (Å²) < 4.78 is 14.4. The second-order valence-corrected chi connectivity index (χ2v) is 6.02. The van der Waals surface area contributed by atoms with E-state index < -0.39 is 0 Å². The second-order valence-electron chi connectivity index (χ2n) is 5.20. The zero-order valence-corrected chi connectivity index (χ0v) is 15.7. The minimum absolute atomic E-state index is 0. The number of piperazine rings is 1. The zero-order valence-electron chi connectivity index (χ0n) is 12.6. The van der Waals surface area contributed by atoms with Gasteiger partial charge >= 0.3 is 0 Å². The third-order valence-corrected chi connectivity index (χ3v) is 4.46. The maximum Gasteiger partial charge on any atom is 0.148 e. The quantitative estimate of drug-likeness (QED) is 0.701. The van der Waals surface area contributed by atoms with Crippen molar-refractivity contribution in [1.29, 1.82) is 0 Å². The standard InChI is InChI=1S/C15H21Cl2FN2.2ClH/c1-2-3-4-13(20-9-7-19-8-10-20)14-11(16)5-6-12(17)15(14)18;;/h5-6,13,19H,2-4,7-10H2,1H3;2*1H/t13-;;/m0../s1. The molecule has 0 bridgehead atoms. The predicted molar refractivity (Wildman–Crippen MR) is 97.6 cm³/mol. The Bertz CT molecular complexity index is 453. The van der Waals surface area contributed by atoms with Crippen molar-refractivity contribution >= 4 is 48.0 Å². The molecule has 1 fully saturated rings. The maximum absolute atomic E-state index is 14.4. The van der Waals surface area contributed by atoms with E-state index in [0.29, 0.717) is 10.6 Å². The lowest BCUT2D eigenvalue weighted by Gasteiger charge is -2.36. The molecule has 0 unspecified atom stereocenters. The normalized spacial score (nSPS) is 16.5. The molecule has 0 aliphatic carbocycles. The second kappa shape index (κ2) is 10.9. The van der Waals surface area contributed by atoms with Crippen molar-refractivity contribution in [1.82, 2.24) is 10.2 Å². The lowest BCUT2D eigenvalue weighted by Crippen LogP contribution is -2.45. The van der Waals surface area contributed by atoms with E-state index in [1.165, 1.54) is 6.07 Å². The fourth-order valence-corrected chi connectivity index (χ4v) is 3.19. The fourth-order valence-electron chi connectivity index (χ4n) is 2.75. The van der Waals surface area contributed by atoms with Crippen LogP contribution in [0.15, 0.2) is 12.1 Å². The molecular weight excluding hydrogens is 369 g/mol. The zero-order chi connectivity index (χ0) is 14.5. The van der Waals surface area contributed by atoms with Gasteiger partial charge in [0.05, 0.1) is 5.02 Å². The monoisotopic (exact) mass is 390 g/mol. The van der Waals surface area contributed by atoms with Gasteiger partial charge in [0.15, 0.2) is 0 Å². The van der Waals surface area contributed by atoms with Crippen LogP contribution in [-0.2, 0) is 0 Å². The Morgan fingerprint density at radius 1 is 1.18 bits per heavy atom. The van der Waals surface area contributed by atoms with Gasteiger partial charge in [0, 0.05) is 42.8 Å². The van der Waals surface area contributed by atoms with Gasteiger partial charge in [-0.05, 0) is 18.6 Å². The number of nitrogens with one attached hydrogen (secondary N) is 1. The number of hydrogen-bond acceptors (Lipinski definition) is 2. The van der Waals surface area contributed by atoms with Crippen LogP contribution in [0.25, 0.3) is 0 Å². The number of unbranched alkanes of at least 4 members (excludes halogenated alkanes) is 1. The highest BCUT2D eigenvalue weighted by Crippen LogP contribution is 2.36. The summed E-state index contributed by atoms with van der Waals surface area (Å²) in [5.74, 6) is -0.362. The molecule has 128 valence electrons. The summed E-state index contributed by atoms with van der Waals surface area (Å²) in [6.07, 6.45) is 3.05. The third-order valence-electron chi connectivity index (χ3n) is 3.84. The van der Waals surface area contributed by atoms with Gasteiger partial charge in [-0.2, -0.15) is 0 Å². The molecular formula is C15H23Cl4FN2. The highest BCUT2D eigenvalue weighted by atomic mass is 35.5. The van der Waals surface area contributed by atoms with Crippen LogP contribution in [0.1, 0.15) is 37.8 Å². The summed E-state index contributed by atoms with van der Waals surface area (Å²) in [5, 5.41) is 3.96. The van der Waals surface area contributed by atoms with Gasteiger partial charge in [0.1, 0.15) is 5.82 Å². The van der Waals surface area contributed by atoms with E-state index >= 15 is 0 Å². The molecule has 0 radical (unpaired) electrons. The Kier molecular flexibility index (Phi) is 11.0. The molecule has 1 aliphatic rings. The highest BCUT2D eigenvalue weighted by molar-refractivity contribution is 6.33. The summed E-state index contributed by atoms with van der Waals surface area (Å²) in [4.78, 5) is 2.31. The molecule has 22 heavy (non-hydrogen) atoms. The van der Waals surface area contributed by atoms with Crippen LogP contribution in [0, 0.1) is 5.82 Å². The van der Waals surface area contributed by atoms with Crippen molar-refractivity contribution in [2.75, 3.05) is 26.2 Å². The number of nitrogens with zero attached hydrogens (tertiary/aromatic N) is 1. The Labute approximate surface area is 154 Å². The Morgan fingerprint density at radius 2 is 1.77 bits per heavy atom. The number of halogens is 5. The third kappa shape index (κ3) is 5.40. The molecule has 1 N–H and O–H groups in total. The minimum atomic E-state index is -0.362. The average molecular weight is 392 g/mol. The average Bonchev–Trinajstić information content (AvgIpc) is 2.47. The topological polar surface area (TPSA) is 15.3 Å². The minimum Gasteiger partial charge on any atom is -0.314 e. The summed E-state index contributed by atoms with van der Waals surface area (Å²) in [6.45, 7) is 5.84. The van der Waals surface area contributed by atoms with E-state index in [0.717, 1.165) is 45.4 Å². The molecule has 0 aromatic heterocycles. The smallest absolute Gasteiger partial charge is 0.148 e. The summed E-state index contributed by atoms with van der Waals surface area (Å²) in [5.41, 5.74) is 0.564. The lowest BCUT2D eigenvalue weighted by molar-refractivity contribution is 0.160. The first-order valence-electron chi connectivity index (χ1n) is 7.23. The maximum atomic E-state index is 14.4. The van der Waals surface area contributed by atoms with Gasteiger partial charge in [-0.3, -0.25) is 4.90 Å². The van der Waals surface area contributed by atoms with Gasteiger partial charge in [-0.15, -0.1) is 24.8 Å². The van der Waals surface area contributed by atoms with Crippen LogP contribution in [-0.4, -0.2) is 31.1 Å². The molecule has 2 rings (SSSR count). The molecule has 1 atom stereocenters.